The zero-order valence-corrected chi connectivity index (χ0v) is 16.3. The summed E-state index contributed by atoms with van der Waals surface area (Å²) >= 11 is 0. The van der Waals surface area contributed by atoms with E-state index < -0.39 is 0 Å². The van der Waals surface area contributed by atoms with Crippen LogP contribution in [-0.4, -0.2) is 46.2 Å². The number of hydrogen-bond donors (Lipinski definition) is 0. The van der Waals surface area contributed by atoms with Gasteiger partial charge in [-0.2, -0.15) is 0 Å². The Bertz CT molecular complexity index is 381. The van der Waals surface area contributed by atoms with Gasteiger partial charge in [-0.05, 0) is 24.8 Å². The highest BCUT2D eigenvalue weighted by Gasteiger charge is 2.32. The highest BCUT2D eigenvalue weighted by Crippen LogP contribution is 2.22. The van der Waals surface area contributed by atoms with Gasteiger partial charge in [0, 0.05) is 19.8 Å². The average Bonchev–Trinajstić information content (AvgIpc) is 2.63. The van der Waals surface area contributed by atoms with E-state index >= 15 is 0 Å². The molecular formula is C21H36O4. The summed E-state index contributed by atoms with van der Waals surface area (Å²) in [4.78, 5) is 0. The van der Waals surface area contributed by atoms with Crippen LogP contribution in [0.4, 0.5) is 0 Å². The predicted octanol–water partition coefficient (Wildman–Crippen LogP) is 4.47. The Morgan fingerprint density at radius 3 is 1.52 bits per heavy atom. The first-order chi connectivity index (χ1) is 12.3. The Labute approximate surface area is 153 Å². The maximum Gasteiger partial charge on any atom is 0.0717 e. The minimum atomic E-state index is -0.256. The van der Waals surface area contributed by atoms with Gasteiger partial charge in [0.1, 0.15) is 0 Å². The molecule has 0 spiro atoms. The molecule has 0 radical (unpaired) electrons. The van der Waals surface area contributed by atoms with E-state index in [-0.39, 0.29) is 5.41 Å². The first-order valence-electron chi connectivity index (χ1n) is 9.61. The molecule has 0 aliphatic rings. The number of hydrogen-bond acceptors (Lipinski definition) is 4. The predicted molar refractivity (Wildman–Crippen MR) is 102 cm³/mol. The lowest BCUT2D eigenvalue weighted by Crippen LogP contribution is -2.42. The molecule has 0 aromatic heterocycles. The molecular weight excluding hydrogens is 316 g/mol. The third kappa shape index (κ3) is 9.95. The number of ether oxygens (including phenoxy) is 4. The Kier molecular flexibility index (Phi) is 12.6. The largest absolute Gasteiger partial charge is 0.381 e. The Balaban J connectivity index is 2.64. The molecule has 0 fully saturated rings. The molecule has 0 aliphatic heterocycles. The van der Waals surface area contributed by atoms with Crippen molar-refractivity contribution in [2.45, 2.75) is 46.6 Å². The van der Waals surface area contributed by atoms with Gasteiger partial charge in [-0.25, -0.2) is 0 Å². The summed E-state index contributed by atoms with van der Waals surface area (Å²) in [5, 5.41) is 0. The zero-order chi connectivity index (χ0) is 18.2. The van der Waals surface area contributed by atoms with Crippen molar-refractivity contribution in [2.75, 3.05) is 46.2 Å². The van der Waals surface area contributed by atoms with E-state index in [4.69, 9.17) is 18.9 Å². The van der Waals surface area contributed by atoms with E-state index in [9.17, 15) is 0 Å². The molecule has 0 saturated heterocycles. The highest BCUT2D eigenvalue weighted by molar-refractivity contribution is 5.13. The molecule has 0 bridgehead atoms. The van der Waals surface area contributed by atoms with Crippen LogP contribution < -0.4 is 0 Å². The summed E-state index contributed by atoms with van der Waals surface area (Å²) in [6.07, 6.45) is 3.02. The maximum absolute atomic E-state index is 6.04. The van der Waals surface area contributed by atoms with Crippen LogP contribution in [0.25, 0.3) is 0 Å². The van der Waals surface area contributed by atoms with Crippen LogP contribution >= 0.6 is 0 Å². The van der Waals surface area contributed by atoms with Gasteiger partial charge in [0.15, 0.2) is 0 Å². The van der Waals surface area contributed by atoms with E-state index in [1.807, 2.05) is 18.2 Å². The van der Waals surface area contributed by atoms with Gasteiger partial charge in [-0.3, -0.25) is 0 Å². The van der Waals surface area contributed by atoms with Crippen molar-refractivity contribution in [1.82, 2.24) is 0 Å². The fraction of sp³-hybridized carbons (Fsp3) is 0.714. The van der Waals surface area contributed by atoms with Gasteiger partial charge in [0.25, 0.3) is 0 Å². The SMILES string of the molecule is CCCOCC(COCCC)(COCCC)COCc1ccccc1. The molecule has 25 heavy (non-hydrogen) atoms. The summed E-state index contributed by atoms with van der Waals surface area (Å²) in [6, 6.07) is 10.2. The van der Waals surface area contributed by atoms with Crippen LogP contribution in [0, 0.1) is 5.41 Å². The van der Waals surface area contributed by atoms with Gasteiger partial charge in [0.2, 0.25) is 0 Å². The van der Waals surface area contributed by atoms with Crippen molar-refractivity contribution in [3.05, 3.63) is 35.9 Å². The van der Waals surface area contributed by atoms with Crippen molar-refractivity contribution < 1.29 is 18.9 Å². The monoisotopic (exact) mass is 352 g/mol. The molecule has 0 unspecified atom stereocenters. The minimum absolute atomic E-state index is 0.256. The van der Waals surface area contributed by atoms with Gasteiger partial charge >= 0.3 is 0 Å². The van der Waals surface area contributed by atoms with Crippen LogP contribution in [-0.2, 0) is 25.6 Å². The van der Waals surface area contributed by atoms with Crippen LogP contribution in [0.1, 0.15) is 45.6 Å². The zero-order valence-electron chi connectivity index (χ0n) is 16.3. The molecule has 4 heteroatoms. The quantitative estimate of drug-likeness (QED) is 0.411. The lowest BCUT2D eigenvalue weighted by Gasteiger charge is -2.33. The average molecular weight is 353 g/mol. The van der Waals surface area contributed by atoms with Gasteiger partial charge in [0.05, 0.1) is 38.4 Å². The first-order valence-corrected chi connectivity index (χ1v) is 9.61. The molecule has 1 aromatic carbocycles. The van der Waals surface area contributed by atoms with Crippen LogP contribution in [0.2, 0.25) is 0 Å². The summed E-state index contributed by atoms with van der Waals surface area (Å²) in [7, 11) is 0. The topological polar surface area (TPSA) is 36.9 Å². The third-order valence-corrected chi connectivity index (χ3v) is 3.79. The Morgan fingerprint density at radius 2 is 1.08 bits per heavy atom. The lowest BCUT2D eigenvalue weighted by molar-refractivity contribution is -0.109. The molecule has 0 heterocycles. The Hall–Kier alpha value is -0.940. The molecule has 0 atom stereocenters. The summed E-state index contributed by atoms with van der Waals surface area (Å²) in [5.41, 5.74) is 0.920. The van der Waals surface area contributed by atoms with E-state index in [1.54, 1.807) is 0 Å². The summed E-state index contributed by atoms with van der Waals surface area (Å²) in [5.74, 6) is 0. The van der Waals surface area contributed by atoms with E-state index in [0.717, 1.165) is 39.1 Å². The fourth-order valence-electron chi connectivity index (χ4n) is 2.51. The van der Waals surface area contributed by atoms with E-state index in [0.29, 0.717) is 33.0 Å². The molecule has 144 valence electrons. The van der Waals surface area contributed by atoms with Crippen molar-refractivity contribution in [1.29, 1.82) is 0 Å². The van der Waals surface area contributed by atoms with Crippen molar-refractivity contribution >= 4 is 0 Å². The number of rotatable bonds is 16. The first kappa shape index (κ1) is 22.1. The smallest absolute Gasteiger partial charge is 0.0717 e. The Morgan fingerprint density at radius 1 is 0.640 bits per heavy atom. The molecule has 0 amide bonds. The normalized spacial score (nSPS) is 11.8. The molecule has 0 aliphatic carbocycles. The van der Waals surface area contributed by atoms with E-state index in [2.05, 4.69) is 32.9 Å². The second kappa shape index (κ2) is 14.3. The third-order valence-electron chi connectivity index (χ3n) is 3.79. The van der Waals surface area contributed by atoms with Gasteiger partial charge in [-0.1, -0.05) is 51.1 Å². The lowest BCUT2D eigenvalue weighted by atomic mass is 9.92. The molecule has 1 rings (SSSR count). The molecule has 1 aromatic rings. The summed E-state index contributed by atoms with van der Waals surface area (Å²) in [6.45, 7) is 11.6. The van der Waals surface area contributed by atoms with Crippen LogP contribution in [0.15, 0.2) is 30.3 Å². The molecule has 0 saturated carbocycles. The van der Waals surface area contributed by atoms with Crippen molar-refractivity contribution in [3.63, 3.8) is 0 Å². The molecule has 4 nitrogen and oxygen atoms in total. The number of benzene rings is 1. The van der Waals surface area contributed by atoms with Gasteiger partial charge in [-0.15, -0.1) is 0 Å². The fourth-order valence-corrected chi connectivity index (χ4v) is 2.51. The van der Waals surface area contributed by atoms with Crippen molar-refractivity contribution in [3.8, 4) is 0 Å². The van der Waals surface area contributed by atoms with E-state index in [1.165, 1.54) is 5.56 Å². The van der Waals surface area contributed by atoms with Crippen molar-refractivity contribution in [2.24, 2.45) is 5.41 Å². The summed E-state index contributed by atoms with van der Waals surface area (Å²) < 4.78 is 23.7. The highest BCUT2D eigenvalue weighted by atomic mass is 16.5. The standard InChI is InChI=1S/C21H36O4/c1-4-12-22-16-21(17-23-13-5-2,18-24-14-6-3)19-25-15-20-10-8-7-9-11-20/h7-11H,4-6,12-19H2,1-3H3. The maximum atomic E-state index is 6.04. The second-order valence-corrected chi connectivity index (χ2v) is 6.64. The van der Waals surface area contributed by atoms with Crippen LogP contribution in [0.5, 0.6) is 0 Å². The second-order valence-electron chi connectivity index (χ2n) is 6.64. The van der Waals surface area contributed by atoms with Crippen LogP contribution in [0.3, 0.4) is 0 Å². The minimum Gasteiger partial charge on any atom is -0.381 e. The molecule has 0 N–H and O–H groups in total. The van der Waals surface area contributed by atoms with Gasteiger partial charge < -0.3 is 18.9 Å².